The fourth-order valence-corrected chi connectivity index (χ4v) is 4.91. The van der Waals surface area contributed by atoms with Gasteiger partial charge in [0.15, 0.2) is 5.16 Å². The summed E-state index contributed by atoms with van der Waals surface area (Å²) in [5.41, 5.74) is 2.33. The van der Waals surface area contributed by atoms with Crippen molar-refractivity contribution in [2.24, 2.45) is 0 Å². The van der Waals surface area contributed by atoms with Crippen LogP contribution >= 0.6 is 23.1 Å². The molecule has 10 heteroatoms. The molecule has 4 aromatic rings. The first-order chi connectivity index (χ1) is 15.5. The molecule has 2 N–H and O–H groups in total. The second-order valence-electron chi connectivity index (χ2n) is 6.83. The van der Waals surface area contributed by atoms with E-state index in [1.54, 1.807) is 30.0 Å². The van der Waals surface area contributed by atoms with Crippen molar-refractivity contribution < 1.29 is 9.90 Å². The van der Waals surface area contributed by atoms with E-state index in [1.165, 1.54) is 30.0 Å². The Bertz CT molecular complexity index is 1340. The first-order valence-corrected chi connectivity index (χ1v) is 11.3. The topological polar surface area (TPSA) is 117 Å². The highest BCUT2D eigenvalue weighted by Crippen LogP contribution is 2.33. The number of thiazole rings is 1. The van der Waals surface area contributed by atoms with Gasteiger partial charge in [-0.15, -0.1) is 21.5 Å². The van der Waals surface area contributed by atoms with Crippen LogP contribution in [0.25, 0.3) is 21.5 Å². The molecule has 1 atom stereocenters. The van der Waals surface area contributed by atoms with E-state index in [0.717, 1.165) is 15.9 Å². The number of amides is 1. The summed E-state index contributed by atoms with van der Waals surface area (Å²) in [4.78, 5) is 15.8. The van der Waals surface area contributed by atoms with Gasteiger partial charge in [-0.25, -0.2) is 4.98 Å². The minimum Gasteiger partial charge on any atom is -0.510 e. The standard InChI is InChI=1S/C22H18N6O2S2/c1-13(20(30)17(11-23)21-26-18-8-3-4-9-19(18)32-21)31-22-27-24-12-28(22)16-7-5-6-15(10-16)25-14(2)29/h3-10,12-13,30H,1-2H3,(H,25,29)/b20-17-. The van der Waals surface area contributed by atoms with Crippen molar-refractivity contribution in [3.63, 3.8) is 0 Å². The molecule has 0 radical (unpaired) electrons. The lowest BCUT2D eigenvalue weighted by Crippen LogP contribution is -2.07. The number of para-hydroxylation sites is 1. The highest BCUT2D eigenvalue weighted by atomic mass is 32.2. The number of aliphatic hydroxyl groups is 1. The number of hydrogen-bond acceptors (Lipinski definition) is 8. The molecule has 0 spiro atoms. The third-order valence-electron chi connectivity index (χ3n) is 4.50. The lowest BCUT2D eigenvalue weighted by molar-refractivity contribution is -0.114. The van der Waals surface area contributed by atoms with Gasteiger partial charge in [-0.1, -0.05) is 30.0 Å². The van der Waals surface area contributed by atoms with Crippen molar-refractivity contribution in [1.82, 2.24) is 19.7 Å². The monoisotopic (exact) mass is 462 g/mol. The average Bonchev–Trinajstić information content (AvgIpc) is 3.40. The highest BCUT2D eigenvalue weighted by Gasteiger charge is 2.21. The third-order valence-corrected chi connectivity index (χ3v) is 6.62. The fraction of sp³-hybridized carbons (Fsp3) is 0.136. The van der Waals surface area contributed by atoms with E-state index in [4.69, 9.17) is 0 Å². The van der Waals surface area contributed by atoms with E-state index in [2.05, 4.69) is 26.6 Å². The summed E-state index contributed by atoms with van der Waals surface area (Å²) >= 11 is 2.63. The zero-order valence-corrected chi connectivity index (χ0v) is 18.8. The van der Waals surface area contributed by atoms with Gasteiger partial charge in [-0.05, 0) is 37.3 Å². The maximum absolute atomic E-state index is 11.4. The highest BCUT2D eigenvalue weighted by molar-refractivity contribution is 7.99. The van der Waals surface area contributed by atoms with Gasteiger partial charge in [0.25, 0.3) is 0 Å². The Morgan fingerprint density at radius 2 is 2.09 bits per heavy atom. The number of aliphatic hydroxyl groups excluding tert-OH is 1. The molecule has 32 heavy (non-hydrogen) atoms. The van der Waals surface area contributed by atoms with Crippen molar-refractivity contribution in [2.75, 3.05) is 5.32 Å². The Balaban J connectivity index is 1.62. The molecule has 0 fully saturated rings. The molecule has 1 unspecified atom stereocenters. The van der Waals surface area contributed by atoms with Gasteiger partial charge in [0.2, 0.25) is 5.91 Å². The molecule has 4 rings (SSSR count). The van der Waals surface area contributed by atoms with E-state index in [1.807, 2.05) is 36.4 Å². The van der Waals surface area contributed by atoms with Crippen LogP contribution in [-0.2, 0) is 4.79 Å². The van der Waals surface area contributed by atoms with Crippen molar-refractivity contribution in [3.8, 4) is 11.8 Å². The first kappa shape index (κ1) is 21.5. The minimum atomic E-state index is -0.474. The maximum atomic E-state index is 11.4. The molecule has 2 heterocycles. The molecule has 0 aliphatic heterocycles. The molecular weight excluding hydrogens is 444 g/mol. The summed E-state index contributed by atoms with van der Waals surface area (Å²) < 4.78 is 2.70. The molecule has 0 saturated heterocycles. The number of anilines is 1. The lowest BCUT2D eigenvalue weighted by atomic mass is 10.2. The molecule has 160 valence electrons. The van der Waals surface area contributed by atoms with E-state index >= 15 is 0 Å². The van der Waals surface area contributed by atoms with E-state index in [-0.39, 0.29) is 17.2 Å². The SMILES string of the molecule is CC(=O)Nc1cccc(-n2cnnc2SC(C)/C(O)=C(\C#N)c2nc3ccccc3s2)c1. The van der Waals surface area contributed by atoms with Gasteiger partial charge >= 0.3 is 0 Å². The molecule has 2 aromatic heterocycles. The summed E-state index contributed by atoms with van der Waals surface area (Å²) in [5.74, 6) is -0.235. The van der Waals surface area contributed by atoms with Crippen LogP contribution in [0.15, 0.2) is 65.8 Å². The van der Waals surface area contributed by atoms with Crippen molar-refractivity contribution in [3.05, 3.63) is 65.6 Å². The Morgan fingerprint density at radius 3 is 2.84 bits per heavy atom. The number of fused-ring (bicyclic) bond motifs is 1. The molecule has 1 amide bonds. The van der Waals surface area contributed by atoms with Gasteiger partial charge in [0.1, 0.15) is 28.7 Å². The number of carbonyl (C=O) groups excluding carboxylic acids is 1. The number of nitrogens with zero attached hydrogens (tertiary/aromatic N) is 5. The molecule has 0 bridgehead atoms. The van der Waals surface area contributed by atoms with Crippen LogP contribution in [-0.4, -0.2) is 36.0 Å². The lowest BCUT2D eigenvalue weighted by Gasteiger charge is -2.13. The first-order valence-electron chi connectivity index (χ1n) is 9.60. The zero-order valence-electron chi connectivity index (χ0n) is 17.2. The number of aromatic nitrogens is 4. The van der Waals surface area contributed by atoms with Crippen LogP contribution in [0.2, 0.25) is 0 Å². The van der Waals surface area contributed by atoms with Crippen LogP contribution in [0.5, 0.6) is 0 Å². The normalized spacial score (nSPS) is 12.8. The van der Waals surface area contributed by atoms with Crippen molar-refractivity contribution in [1.29, 1.82) is 5.26 Å². The quantitative estimate of drug-likeness (QED) is 0.240. The maximum Gasteiger partial charge on any atom is 0.221 e. The fourth-order valence-electron chi connectivity index (χ4n) is 3.03. The minimum absolute atomic E-state index is 0.0712. The Labute approximate surface area is 192 Å². The molecule has 8 nitrogen and oxygen atoms in total. The number of benzene rings is 2. The second-order valence-corrected chi connectivity index (χ2v) is 9.17. The Morgan fingerprint density at radius 1 is 1.28 bits per heavy atom. The van der Waals surface area contributed by atoms with E-state index in [9.17, 15) is 15.2 Å². The number of thioether (sulfide) groups is 1. The van der Waals surface area contributed by atoms with Crippen LogP contribution in [0.3, 0.4) is 0 Å². The summed E-state index contributed by atoms with van der Waals surface area (Å²) in [6.07, 6.45) is 1.56. The number of carbonyl (C=O) groups is 1. The van der Waals surface area contributed by atoms with Crippen LogP contribution in [0.4, 0.5) is 5.69 Å². The summed E-state index contributed by atoms with van der Waals surface area (Å²) in [6, 6.07) is 17.0. The molecule has 0 saturated carbocycles. The van der Waals surface area contributed by atoms with Crippen LogP contribution in [0, 0.1) is 11.3 Å². The van der Waals surface area contributed by atoms with Gasteiger partial charge < -0.3 is 10.4 Å². The molecular formula is C22H18N6O2S2. The van der Waals surface area contributed by atoms with Gasteiger partial charge in [0, 0.05) is 12.6 Å². The smallest absolute Gasteiger partial charge is 0.221 e. The number of nitrogens with one attached hydrogen (secondary N) is 1. The van der Waals surface area contributed by atoms with Gasteiger partial charge in [-0.2, -0.15) is 5.26 Å². The zero-order chi connectivity index (χ0) is 22.7. The largest absolute Gasteiger partial charge is 0.510 e. The molecule has 2 aromatic carbocycles. The third kappa shape index (κ3) is 4.49. The van der Waals surface area contributed by atoms with Crippen LogP contribution in [0.1, 0.15) is 18.9 Å². The summed E-state index contributed by atoms with van der Waals surface area (Å²) in [5, 5.41) is 32.0. The number of allylic oxidation sites excluding steroid dienone is 1. The van der Waals surface area contributed by atoms with Crippen molar-refractivity contribution in [2.45, 2.75) is 24.3 Å². The number of hydrogen-bond donors (Lipinski definition) is 2. The average molecular weight is 463 g/mol. The van der Waals surface area contributed by atoms with Crippen LogP contribution < -0.4 is 5.32 Å². The Hall–Kier alpha value is -3.68. The van der Waals surface area contributed by atoms with E-state index in [0.29, 0.717) is 15.9 Å². The summed E-state index contributed by atoms with van der Waals surface area (Å²) in [7, 11) is 0. The predicted octanol–water partition coefficient (Wildman–Crippen LogP) is 4.81. The van der Waals surface area contributed by atoms with Crippen molar-refractivity contribution >= 4 is 50.5 Å². The number of rotatable bonds is 6. The van der Waals surface area contributed by atoms with E-state index < -0.39 is 5.25 Å². The molecule has 0 aliphatic rings. The Kier molecular flexibility index (Phi) is 6.20. The van der Waals surface area contributed by atoms with Gasteiger partial charge in [-0.3, -0.25) is 9.36 Å². The van der Waals surface area contributed by atoms with Gasteiger partial charge in [0.05, 0.1) is 21.2 Å². The summed E-state index contributed by atoms with van der Waals surface area (Å²) in [6.45, 7) is 3.24. The predicted molar refractivity (Wildman–Crippen MR) is 126 cm³/mol. The number of nitriles is 1. The second kappa shape index (κ2) is 9.21. The molecule has 0 aliphatic carbocycles.